The summed E-state index contributed by atoms with van der Waals surface area (Å²) < 4.78 is 10.5. The Labute approximate surface area is 101 Å². The molecule has 0 bridgehead atoms. The Balaban J connectivity index is 2.30. The van der Waals surface area contributed by atoms with Gasteiger partial charge in [-0.2, -0.15) is 0 Å². The third kappa shape index (κ3) is 2.49. The number of para-hydroxylation sites is 1. The minimum Gasteiger partial charge on any atom is -0.487 e. The van der Waals surface area contributed by atoms with Crippen molar-refractivity contribution in [1.29, 1.82) is 0 Å². The highest BCUT2D eigenvalue weighted by atomic mass is 16.5. The molecule has 0 amide bonds. The maximum atomic E-state index is 11.1. The van der Waals surface area contributed by atoms with Crippen LogP contribution in [0.15, 0.2) is 24.3 Å². The predicted molar refractivity (Wildman–Crippen MR) is 65.9 cm³/mol. The second-order valence-electron chi connectivity index (χ2n) is 4.73. The zero-order valence-corrected chi connectivity index (χ0v) is 10.3. The molecule has 0 saturated heterocycles. The first kappa shape index (κ1) is 11.7. The van der Waals surface area contributed by atoms with Crippen molar-refractivity contribution in [2.45, 2.75) is 25.9 Å². The zero-order valence-electron chi connectivity index (χ0n) is 10.3. The first-order chi connectivity index (χ1) is 8.02. The van der Waals surface area contributed by atoms with Crippen molar-refractivity contribution in [3.05, 3.63) is 35.4 Å². The number of hydrogen-bond donors (Lipinski definition) is 0. The third-order valence-corrected chi connectivity index (χ3v) is 2.72. The number of carbonyl (C=O) groups is 1. The number of carbonyl (C=O) groups excluding carboxylic acids is 1. The fourth-order valence-corrected chi connectivity index (χ4v) is 2.00. The molecule has 17 heavy (non-hydrogen) atoms. The molecule has 0 unspecified atom stereocenters. The Bertz CT molecular complexity index is 472. The van der Waals surface area contributed by atoms with Crippen molar-refractivity contribution < 1.29 is 14.3 Å². The fraction of sp³-hybridized carbons (Fsp3) is 0.357. The molecule has 0 fully saturated rings. The van der Waals surface area contributed by atoms with Crippen LogP contribution in [-0.2, 0) is 16.0 Å². The summed E-state index contributed by atoms with van der Waals surface area (Å²) in [5.74, 6) is 0.512. The van der Waals surface area contributed by atoms with Crippen LogP contribution in [0.25, 0.3) is 6.08 Å². The number of benzene rings is 1. The Hall–Kier alpha value is -1.77. The van der Waals surface area contributed by atoms with Crippen molar-refractivity contribution in [3.8, 4) is 5.75 Å². The largest absolute Gasteiger partial charge is 0.487 e. The topological polar surface area (TPSA) is 35.5 Å². The zero-order chi connectivity index (χ0) is 12.5. The Morgan fingerprint density at radius 3 is 2.94 bits per heavy atom. The van der Waals surface area contributed by atoms with Crippen LogP contribution in [0, 0.1) is 0 Å². The molecule has 1 aromatic carbocycles. The maximum absolute atomic E-state index is 11.1. The lowest BCUT2D eigenvalue weighted by atomic mass is 10.0. The van der Waals surface area contributed by atoms with Crippen LogP contribution in [0.4, 0.5) is 0 Å². The van der Waals surface area contributed by atoms with Gasteiger partial charge in [0.05, 0.1) is 7.11 Å². The molecule has 2 rings (SSSR count). The van der Waals surface area contributed by atoms with Crippen LogP contribution in [-0.4, -0.2) is 18.7 Å². The van der Waals surface area contributed by atoms with Crippen LogP contribution in [0.3, 0.4) is 0 Å². The molecule has 1 aliphatic rings. The highest BCUT2D eigenvalue weighted by Gasteiger charge is 2.30. The Morgan fingerprint density at radius 1 is 1.47 bits per heavy atom. The van der Waals surface area contributed by atoms with Gasteiger partial charge in [-0.25, -0.2) is 4.79 Å². The van der Waals surface area contributed by atoms with E-state index in [1.54, 1.807) is 6.08 Å². The summed E-state index contributed by atoms with van der Waals surface area (Å²) in [6, 6.07) is 5.96. The molecule has 3 heteroatoms. The lowest BCUT2D eigenvalue weighted by Crippen LogP contribution is -2.24. The van der Waals surface area contributed by atoms with E-state index in [0.29, 0.717) is 0 Å². The van der Waals surface area contributed by atoms with E-state index < -0.39 is 0 Å². The van der Waals surface area contributed by atoms with Crippen LogP contribution in [0.1, 0.15) is 25.0 Å². The summed E-state index contributed by atoms with van der Waals surface area (Å²) in [6.07, 6.45) is 4.03. The molecule has 0 saturated carbocycles. The molecule has 1 aromatic rings. The summed E-state index contributed by atoms with van der Waals surface area (Å²) in [5.41, 5.74) is 1.93. The Kier molecular flexibility index (Phi) is 2.92. The van der Waals surface area contributed by atoms with Crippen molar-refractivity contribution in [3.63, 3.8) is 0 Å². The molecule has 90 valence electrons. The van der Waals surface area contributed by atoms with Crippen LogP contribution < -0.4 is 4.74 Å². The molecule has 0 radical (unpaired) electrons. The first-order valence-electron chi connectivity index (χ1n) is 5.59. The number of hydrogen-bond acceptors (Lipinski definition) is 3. The van der Waals surface area contributed by atoms with E-state index in [1.807, 2.05) is 12.1 Å². The molecule has 3 nitrogen and oxygen atoms in total. The molecule has 0 spiro atoms. The summed E-state index contributed by atoms with van der Waals surface area (Å²) in [7, 11) is 1.36. The van der Waals surface area contributed by atoms with Gasteiger partial charge in [0.1, 0.15) is 11.4 Å². The first-order valence-corrected chi connectivity index (χ1v) is 5.59. The van der Waals surface area contributed by atoms with Gasteiger partial charge in [-0.3, -0.25) is 0 Å². The van der Waals surface area contributed by atoms with Gasteiger partial charge in [-0.1, -0.05) is 18.2 Å². The molecule has 0 aromatic heterocycles. The fourth-order valence-electron chi connectivity index (χ4n) is 2.00. The lowest BCUT2D eigenvalue weighted by Gasteiger charge is -2.17. The third-order valence-electron chi connectivity index (χ3n) is 2.72. The van der Waals surface area contributed by atoms with E-state index in [4.69, 9.17) is 4.74 Å². The van der Waals surface area contributed by atoms with Gasteiger partial charge in [0.15, 0.2) is 0 Å². The standard InChI is InChI=1S/C14H16O3/c1-14(2)9-11-6-4-5-10(13(11)17-14)7-8-12(15)16-3/h4-8H,9H2,1-3H3/b8-7+. The second kappa shape index (κ2) is 4.24. The molecular weight excluding hydrogens is 216 g/mol. The number of methoxy groups -OCH3 is 1. The van der Waals surface area contributed by atoms with Gasteiger partial charge in [-0.15, -0.1) is 0 Å². The molecule has 0 atom stereocenters. The van der Waals surface area contributed by atoms with Crippen molar-refractivity contribution in [2.75, 3.05) is 7.11 Å². The normalized spacial score (nSPS) is 16.6. The summed E-state index contributed by atoms with van der Waals surface area (Å²) in [6.45, 7) is 4.11. The average molecular weight is 232 g/mol. The SMILES string of the molecule is COC(=O)/C=C/c1cccc2c1OC(C)(C)C2. The van der Waals surface area contributed by atoms with E-state index in [9.17, 15) is 4.79 Å². The van der Waals surface area contributed by atoms with Crippen LogP contribution >= 0.6 is 0 Å². The maximum Gasteiger partial charge on any atom is 0.330 e. The average Bonchev–Trinajstić information content (AvgIpc) is 2.60. The van der Waals surface area contributed by atoms with Crippen LogP contribution in [0.2, 0.25) is 0 Å². The molecular formula is C14H16O3. The highest BCUT2D eigenvalue weighted by molar-refractivity contribution is 5.87. The summed E-state index contributed by atoms with van der Waals surface area (Å²) in [5, 5.41) is 0. The highest BCUT2D eigenvalue weighted by Crippen LogP contribution is 2.37. The van der Waals surface area contributed by atoms with E-state index in [-0.39, 0.29) is 11.6 Å². The van der Waals surface area contributed by atoms with E-state index in [1.165, 1.54) is 18.7 Å². The van der Waals surface area contributed by atoms with Crippen molar-refractivity contribution in [1.82, 2.24) is 0 Å². The molecule has 0 N–H and O–H groups in total. The molecule has 0 aliphatic carbocycles. The van der Waals surface area contributed by atoms with Crippen molar-refractivity contribution >= 4 is 12.0 Å². The predicted octanol–water partition coefficient (Wildman–Crippen LogP) is 2.59. The van der Waals surface area contributed by atoms with Gasteiger partial charge >= 0.3 is 5.97 Å². The minimum atomic E-state index is -0.361. The summed E-state index contributed by atoms with van der Waals surface area (Å²) >= 11 is 0. The van der Waals surface area contributed by atoms with Gasteiger partial charge < -0.3 is 9.47 Å². The van der Waals surface area contributed by atoms with E-state index in [0.717, 1.165) is 17.7 Å². The second-order valence-corrected chi connectivity index (χ2v) is 4.73. The number of rotatable bonds is 2. The van der Waals surface area contributed by atoms with Gasteiger partial charge in [0.25, 0.3) is 0 Å². The molecule has 1 aliphatic heterocycles. The number of esters is 1. The van der Waals surface area contributed by atoms with Crippen molar-refractivity contribution in [2.24, 2.45) is 0 Å². The van der Waals surface area contributed by atoms with E-state index >= 15 is 0 Å². The smallest absolute Gasteiger partial charge is 0.330 e. The monoisotopic (exact) mass is 232 g/mol. The van der Waals surface area contributed by atoms with Gasteiger partial charge in [0.2, 0.25) is 0 Å². The molecule has 1 heterocycles. The number of fused-ring (bicyclic) bond motifs is 1. The number of ether oxygens (including phenoxy) is 2. The van der Waals surface area contributed by atoms with Crippen LogP contribution in [0.5, 0.6) is 5.75 Å². The summed E-state index contributed by atoms with van der Waals surface area (Å²) in [4.78, 5) is 11.1. The Morgan fingerprint density at radius 2 is 2.24 bits per heavy atom. The van der Waals surface area contributed by atoms with Gasteiger partial charge in [0, 0.05) is 18.1 Å². The van der Waals surface area contributed by atoms with E-state index in [2.05, 4.69) is 24.7 Å². The van der Waals surface area contributed by atoms with Gasteiger partial charge in [-0.05, 0) is 25.5 Å². The quantitative estimate of drug-likeness (QED) is 0.580. The minimum absolute atomic E-state index is 0.169. The lowest BCUT2D eigenvalue weighted by molar-refractivity contribution is -0.134.